The van der Waals surface area contributed by atoms with Crippen LogP contribution < -0.4 is 5.32 Å². The van der Waals surface area contributed by atoms with Gasteiger partial charge in [0, 0.05) is 6.54 Å². The van der Waals surface area contributed by atoms with Crippen LogP contribution in [0.25, 0.3) is 21.3 Å². The summed E-state index contributed by atoms with van der Waals surface area (Å²) in [6.45, 7) is 0.850. The summed E-state index contributed by atoms with van der Waals surface area (Å²) in [6.07, 6.45) is 5.87. The van der Waals surface area contributed by atoms with E-state index in [4.69, 9.17) is 0 Å². The second-order valence-corrected chi connectivity index (χ2v) is 9.19. The van der Waals surface area contributed by atoms with Crippen molar-refractivity contribution in [3.63, 3.8) is 0 Å². The molecule has 138 valence electrons. The van der Waals surface area contributed by atoms with Gasteiger partial charge in [-0.05, 0) is 60.3 Å². The van der Waals surface area contributed by atoms with E-state index < -0.39 is 0 Å². The average Bonchev–Trinajstić information content (AvgIpc) is 3.41. The molecule has 2 aliphatic carbocycles. The SMILES string of the molecule is O=C(Cc1nc2ccc(-c3ccccc3)cc2s1)NCC1CC2CCC1C2. The van der Waals surface area contributed by atoms with Crippen LogP contribution >= 0.6 is 11.3 Å². The van der Waals surface area contributed by atoms with Crippen LogP contribution in [0.15, 0.2) is 48.5 Å². The second-order valence-electron chi connectivity index (χ2n) is 8.07. The van der Waals surface area contributed by atoms with Crippen LogP contribution in [0.3, 0.4) is 0 Å². The zero-order valence-electron chi connectivity index (χ0n) is 15.4. The second kappa shape index (κ2) is 7.08. The van der Waals surface area contributed by atoms with E-state index in [0.29, 0.717) is 12.3 Å². The molecule has 3 atom stereocenters. The number of fused-ring (bicyclic) bond motifs is 3. The van der Waals surface area contributed by atoms with Crippen LogP contribution in [-0.4, -0.2) is 17.4 Å². The zero-order valence-corrected chi connectivity index (χ0v) is 16.2. The predicted octanol–water partition coefficient (Wildman–Crippen LogP) is 5.06. The quantitative estimate of drug-likeness (QED) is 0.676. The lowest BCUT2D eigenvalue weighted by Gasteiger charge is -2.21. The molecule has 0 radical (unpaired) electrons. The number of thiazole rings is 1. The molecule has 27 heavy (non-hydrogen) atoms. The van der Waals surface area contributed by atoms with Gasteiger partial charge in [-0.15, -0.1) is 11.3 Å². The van der Waals surface area contributed by atoms with Crippen LogP contribution in [-0.2, 0) is 11.2 Å². The Morgan fingerprint density at radius 2 is 1.96 bits per heavy atom. The van der Waals surface area contributed by atoms with Gasteiger partial charge in [0.2, 0.25) is 5.91 Å². The molecule has 2 saturated carbocycles. The Morgan fingerprint density at radius 1 is 1.07 bits per heavy atom. The maximum absolute atomic E-state index is 12.4. The van der Waals surface area contributed by atoms with Crippen molar-refractivity contribution >= 4 is 27.5 Å². The van der Waals surface area contributed by atoms with Gasteiger partial charge in [-0.3, -0.25) is 4.79 Å². The third-order valence-corrected chi connectivity index (χ3v) is 7.32. The minimum absolute atomic E-state index is 0.111. The molecule has 2 aromatic carbocycles. The summed E-state index contributed by atoms with van der Waals surface area (Å²) in [5.41, 5.74) is 3.38. The molecule has 2 bridgehead atoms. The zero-order chi connectivity index (χ0) is 18.2. The van der Waals surface area contributed by atoms with E-state index in [-0.39, 0.29) is 5.91 Å². The fraction of sp³-hybridized carbons (Fsp3) is 0.391. The number of hydrogen-bond donors (Lipinski definition) is 1. The Labute approximate surface area is 163 Å². The molecule has 0 spiro atoms. The molecule has 1 amide bonds. The molecule has 0 aliphatic heterocycles. The molecule has 3 unspecified atom stereocenters. The Kier molecular flexibility index (Phi) is 4.44. The third kappa shape index (κ3) is 3.51. The summed E-state index contributed by atoms with van der Waals surface area (Å²) in [4.78, 5) is 17.1. The first-order valence-electron chi connectivity index (χ1n) is 9.96. The first-order valence-corrected chi connectivity index (χ1v) is 10.8. The van der Waals surface area contributed by atoms with Crippen molar-refractivity contribution in [2.75, 3.05) is 6.54 Å². The highest BCUT2D eigenvalue weighted by Crippen LogP contribution is 2.47. The van der Waals surface area contributed by atoms with E-state index in [1.54, 1.807) is 11.3 Å². The van der Waals surface area contributed by atoms with Crippen molar-refractivity contribution in [3.05, 3.63) is 53.5 Å². The van der Waals surface area contributed by atoms with Gasteiger partial charge in [-0.25, -0.2) is 4.98 Å². The molecule has 2 fully saturated rings. The summed E-state index contributed by atoms with van der Waals surface area (Å²) >= 11 is 1.63. The van der Waals surface area contributed by atoms with Crippen molar-refractivity contribution in [1.29, 1.82) is 0 Å². The summed E-state index contributed by atoms with van der Waals surface area (Å²) in [5, 5.41) is 4.07. The van der Waals surface area contributed by atoms with E-state index in [9.17, 15) is 4.79 Å². The molecule has 3 nitrogen and oxygen atoms in total. The number of amides is 1. The third-order valence-electron chi connectivity index (χ3n) is 6.30. The average molecular weight is 377 g/mol. The first-order chi connectivity index (χ1) is 13.2. The van der Waals surface area contributed by atoms with Gasteiger partial charge in [-0.1, -0.05) is 42.8 Å². The molecule has 2 aliphatic rings. The molecule has 1 N–H and O–H groups in total. The summed E-state index contributed by atoms with van der Waals surface area (Å²) in [7, 11) is 0. The van der Waals surface area contributed by atoms with Crippen molar-refractivity contribution in [3.8, 4) is 11.1 Å². The summed E-state index contributed by atoms with van der Waals surface area (Å²) in [6, 6.07) is 16.7. The van der Waals surface area contributed by atoms with Gasteiger partial charge in [0.15, 0.2) is 0 Å². The molecule has 1 aromatic heterocycles. The van der Waals surface area contributed by atoms with Gasteiger partial charge < -0.3 is 5.32 Å². The molecular formula is C23H24N2OS. The topological polar surface area (TPSA) is 42.0 Å². The molecule has 4 heteroatoms. The number of hydrogen-bond acceptors (Lipinski definition) is 3. The van der Waals surface area contributed by atoms with Gasteiger partial charge in [-0.2, -0.15) is 0 Å². The molecule has 5 rings (SSSR count). The van der Waals surface area contributed by atoms with Crippen LogP contribution in [0.5, 0.6) is 0 Å². The van der Waals surface area contributed by atoms with Crippen molar-refractivity contribution in [2.24, 2.45) is 17.8 Å². The number of carbonyl (C=O) groups is 1. The van der Waals surface area contributed by atoms with Gasteiger partial charge >= 0.3 is 0 Å². The lowest BCUT2D eigenvalue weighted by molar-refractivity contribution is -0.120. The monoisotopic (exact) mass is 376 g/mol. The number of benzene rings is 2. The lowest BCUT2D eigenvalue weighted by Crippen LogP contribution is -2.32. The Hall–Kier alpha value is -2.20. The fourth-order valence-electron chi connectivity index (χ4n) is 4.93. The van der Waals surface area contributed by atoms with Crippen LogP contribution in [0, 0.1) is 17.8 Å². The Bertz CT molecular complexity index is 965. The first kappa shape index (κ1) is 16.9. The maximum atomic E-state index is 12.4. The summed E-state index contributed by atoms with van der Waals surface area (Å²) < 4.78 is 1.15. The molecular weight excluding hydrogens is 352 g/mol. The molecule has 1 heterocycles. The number of carbonyl (C=O) groups excluding carboxylic acids is 1. The number of aromatic nitrogens is 1. The van der Waals surface area contributed by atoms with Crippen LogP contribution in [0.2, 0.25) is 0 Å². The lowest BCUT2D eigenvalue weighted by atomic mass is 9.89. The predicted molar refractivity (Wildman–Crippen MR) is 111 cm³/mol. The van der Waals surface area contributed by atoms with E-state index in [0.717, 1.165) is 33.6 Å². The van der Waals surface area contributed by atoms with E-state index in [2.05, 4.69) is 52.8 Å². The number of rotatable bonds is 5. The van der Waals surface area contributed by atoms with Crippen LogP contribution in [0.1, 0.15) is 30.7 Å². The standard InChI is InChI=1S/C23H24N2OS/c26-22(24-14-19-11-15-6-7-17(19)10-15)13-23-25-20-9-8-18(12-21(20)27-23)16-4-2-1-3-5-16/h1-5,8-9,12,15,17,19H,6-7,10-11,13-14H2,(H,24,26). The van der Waals surface area contributed by atoms with Gasteiger partial charge in [0.1, 0.15) is 5.01 Å². The van der Waals surface area contributed by atoms with Gasteiger partial charge in [0.05, 0.1) is 16.6 Å². The maximum Gasteiger partial charge on any atom is 0.226 e. The van der Waals surface area contributed by atoms with Crippen molar-refractivity contribution in [2.45, 2.75) is 32.1 Å². The van der Waals surface area contributed by atoms with E-state index >= 15 is 0 Å². The molecule has 0 saturated heterocycles. The summed E-state index contributed by atoms with van der Waals surface area (Å²) in [5.74, 6) is 2.60. The minimum atomic E-state index is 0.111. The normalized spacial score (nSPS) is 23.8. The highest BCUT2D eigenvalue weighted by molar-refractivity contribution is 7.18. The van der Waals surface area contributed by atoms with E-state index in [1.165, 1.54) is 36.8 Å². The smallest absolute Gasteiger partial charge is 0.226 e. The largest absolute Gasteiger partial charge is 0.355 e. The van der Waals surface area contributed by atoms with Crippen molar-refractivity contribution < 1.29 is 4.79 Å². The number of nitrogens with one attached hydrogen (secondary N) is 1. The molecule has 3 aromatic rings. The Morgan fingerprint density at radius 3 is 2.74 bits per heavy atom. The Balaban J connectivity index is 1.24. The van der Waals surface area contributed by atoms with Crippen LogP contribution in [0.4, 0.5) is 0 Å². The van der Waals surface area contributed by atoms with Crippen molar-refractivity contribution in [1.82, 2.24) is 10.3 Å². The van der Waals surface area contributed by atoms with Gasteiger partial charge in [0.25, 0.3) is 0 Å². The highest BCUT2D eigenvalue weighted by atomic mass is 32.1. The number of nitrogens with zero attached hydrogens (tertiary/aromatic N) is 1. The van der Waals surface area contributed by atoms with E-state index in [1.807, 2.05) is 6.07 Å². The highest BCUT2D eigenvalue weighted by Gasteiger charge is 2.39. The minimum Gasteiger partial charge on any atom is -0.355 e. The fourth-order valence-corrected chi connectivity index (χ4v) is 5.93.